The Morgan fingerprint density at radius 2 is 1.45 bits per heavy atom. The summed E-state index contributed by atoms with van der Waals surface area (Å²) in [5.41, 5.74) is 1.92. The zero-order valence-corrected chi connectivity index (χ0v) is 57.1. The number of rotatable bonds is 12. The van der Waals surface area contributed by atoms with Crippen LogP contribution in [-0.4, -0.2) is 168 Å². The quantitative estimate of drug-likeness (QED) is 0.0779. The Morgan fingerprint density at radius 3 is 2.16 bits per heavy atom. The standard InChI is InChI=1S/C75H90N8O15/c1-48(2)41-61-71(91)80(5)38-14-13-26-66(86)97-47-75(3,4)67(87)73(93)83-39-15-12-24-60(83)74(94)98-62(34-29-50-30-35-63(95-7)64(43-50)96-8)53-21-16-22-54(44-53)77-65(85)36-33-56(84)45-57(51-19-10-9-11-20-51)69(89)79-58(70(90)82-40-18-25-59(82)72(92)81(61)6)42-49-27-31-52(32-28-49)68(88)78-55-23-17-37-76-46-55/h9-11,13,16-17,19-23,26-28,30-32,35,37,43-44,46,48,57-62H,12,14-15,18,24-25,29,33-34,36,38-42,45,47H2,1-8H3,(H,77,85)(H,78,88)(H,79,89)/t57-,58-,59+,60-,61-,62+/m0/s1. The number of ether oxygens (including phenoxy) is 4. The van der Waals surface area contributed by atoms with E-state index in [0.29, 0.717) is 70.8 Å². The lowest BCUT2D eigenvalue weighted by atomic mass is 9.87. The Bertz CT molecular complexity index is 3710. The van der Waals surface area contributed by atoms with Crippen molar-refractivity contribution in [2.24, 2.45) is 11.3 Å². The van der Waals surface area contributed by atoms with Gasteiger partial charge in [0.15, 0.2) is 11.5 Å². The molecule has 8 rings (SSSR count). The number of pyridine rings is 1. The van der Waals surface area contributed by atoms with Crippen LogP contribution < -0.4 is 25.4 Å². The second-order valence-corrected chi connectivity index (χ2v) is 26.3. The minimum atomic E-state index is -1.52. The maximum atomic E-state index is 15.3. The van der Waals surface area contributed by atoms with E-state index in [4.69, 9.17) is 18.9 Å². The van der Waals surface area contributed by atoms with Gasteiger partial charge in [0.1, 0.15) is 42.7 Å². The van der Waals surface area contributed by atoms with E-state index >= 15 is 9.59 Å². The molecule has 0 spiro atoms. The molecule has 6 atom stereocenters. The van der Waals surface area contributed by atoms with Gasteiger partial charge in [-0.3, -0.25) is 48.1 Å². The molecule has 2 bridgehead atoms. The number of methoxy groups -OCH3 is 2. The lowest BCUT2D eigenvalue weighted by molar-refractivity contribution is -0.165. The highest BCUT2D eigenvalue weighted by atomic mass is 16.5. The molecule has 3 aliphatic rings. The molecule has 4 heterocycles. The van der Waals surface area contributed by atoms with Crippen LogP contribution in [0.25, 0.3) is 0 Å². The Balaban J connectivity index is 1.10. The number of aryl methyl sites for hydroxylation is 1. The third kappa shape index (κ3) is 19.8. The van der Waals surface area contributed by atoms with Gasteiger partial charge < -0.3 is 54.5 Å². The molecule has 520 valence electrons. The highest BCUT2D eigenvalue weighted by Gasteiger charge is 2.44. The average Bonchev–Trinajstić information content (AvgIpc) is 1.38. The molecule has 3 N–H and O–H groups in total. The van der Waals surface area contributed by atoms with Crippen LogP contribution in [0.5, 0.6) is 11.5 Å². The summed E-state index contributed by atoms with van der Waals surface area (Å²) < 4.78 is 22.9. The fourth-order valence-electron chi connectivity index (χ4n) is 12.4. The summed E-state index contributed by atoms with van der Waals surface area (Å²) >= 11 is 0. The van der Waals surface area contributed by atoms with E-state index in [-0.39, 0.29) is 89.2 Å². The van der Waals surface area contributed by atoms with E-state index in [1.165, 1.54) is 73.1 Å². The van der Waals surface area contributed by atoms with Crippen LogP contribution in [0.1, 0.15) is 143 Å². The monoisotopic (exact) mass is 1340 g/mol. The molecule has 98 heavy (non-hydrogen) atoms. The normalized spacial score (nSPS) is 21.9. The summed E-state index contributed by atoms with van der Waals surface area (Å²) in [5, 5.41) is 8.64. The molecule has 0 saturated carbocycles. The first-order chi connectivity index (χ1) is 46.9. The second kappa shape index (κ2) is 34.7. The SMILES string of the molecule is COc1ccc(CC[C@H]2OC(=O)[C@@H]3CCCCN3C(=O)C(=O)C(C)(C)COC(=O)C=CCCN(C)C(=O)[C@H](CC(C)C)N(C)C(=O)[C@H]3CCCN3C(=O)[C@H](Cc3ccc(C(=O)Nc4cccnc4)cc3)NC(=O)[C@H](c3ccccc3)CC(=O)CCC(=O)Nc3cccc2c3)cc1OC. The van der Waals surface area contributed by atoms with E-state index in [1.807, 2.05) is 26.0 Å². The average molecular weight is 1340 g/mol. The van der Waals surface area contributed by atoms with E-state index in [1.54, 1.807) is 110 Å². The number of Topliss-reactive ketones (excluding diaryl/α,β-unsaturated/α-hetero) is 2. The Labute approximate surface area is 572 Å². The van der Waals surface area contributed by atoms with Gasteiger partial charge in [-0.15, -0.1) is 0 Å². The molecule has 23 nitrogen and oxygen atoms in total. The third-order valence-corrected chi connectivity index (χ3v) is 18.0. The minimum Gasteiger partial charge on any atom is -0.493 e. The molecule has 3 aliphatic heterocycles. The smallest absolute Gasteiger partial charge is 0.330 e. The number of fused-ring (bicyclic) bond motifs is 4. The minimum absolute atomic E-state index is 0.0600. The Hall–Kier alpha value is -10.1. The van der Waals surface area contributed by atoms with Gasteiger partial charge in [0, 0.05) is 82.9 Å². The number of carbonyl (C=O) groups excluding carboxylic acids is 11. The second-order valence-electron chi connectivity index (χ2n) is 26.3. The number of amides is 7. The van der Waals surface area contributed by atoms with Gasteiger partial charge in [-0.1, -0.05) is 80.6 Å². The number of ketones is 2. The van der Waals surface area contributed by atoms with Gasteiger partial charge in [-0.25, -0.2) is 9.59 Å². The van der Waals surface area contributed by atoms with Crippen molar-refractivity contribution in [3.63, 3.8) is 0 Å². The molecule has 0 radical (unpaired) electrons. The van der Waals surface area contributed by atoms with E-state index in [2.05, 4.69) is 20.9 Å². The highest BCUT2D eigenvalue weighted by Crippen LogP contribution is 2.34. The zero-order chi connectivity index (χ0) is 70.6. The Kier molecular flexibility index (Phi) is 26.1. The summed E-state index contributed by atoms with van der Waals surface area (Å²) in [6, 6.07) is 26.1. The number of nitrogens with zero attached hydrogens (tertiary/aromatic N) is 5. The fourth-order valence-corrected chi connectivity index (χ4v) is 12.4. The van der Waals surface area contributed by atoms with Crippen molar-refractivity contribution in [2.75, 3.05) is 65.2 Å². The van der Waals surface area contributed by atoms with Crippen molar-refractivity contribution in [1.82, 2.24) is 29.9 Å². The summed E-state index contributed by atoms with van der Waals surface area (Å²) in [6.07, 6.45) is 6.77. The predicted octanol–water partition coefficient (Wildman–Crippen LogP) is 8.56. The van der Waals surface area contributed by atoms with Gasteiger partial charge >= 0.3 is 11.9 Å². The third-order valence-electron chi connectivity index (χ3n) is 18.0. The number of cyclic esters (lactones) is 2. The number of esters is 2. The van der Waals surface area contributed by atoms with Gasteiger partial charge in [0.05, 0.1) is 37.4 Å². The topological polar surface area (TPSA) is 287 Å². The molecule has 7 amide bonds. The summed E-state index contributed by atoms with van der Waals surface area (Å²) in [6.45, 7) is 6.66. The summed E-state index contributed by atoms with van der Waals surface area (Å²) in [5.74, 6) is -7.08. The van der Waals surface area contributed by atoms with Crippen LogP contribution >= 0.6 is 0 Å². The molecule has 2 saturated heterocycles. The van der Waals surface area contributed by atoms with Crippen molar-refractivity contribution in [2.45, 2.75) is 147 Å². The van der Waals surface area contributed by atoms with Crippen molar-refractivity contribution in [3.8, 4) is 11.5 Å². The van der Waals surface area contributed by atoms with Crippen molar-refractivity contribution < 1.29 is 71.7 Å². The van der Waals surface area contributed by atoms with Gasteiger partial charge in [0.2, 0.25) is 35.3 Å². The van der Waals surface area contributed by atoms with Crippen LogP contribution in [-0.2, 0) is 70.3 Å². The van der Waals surface area contributed by atoms with Crippen LogP contribution in [0.2, 0.25) is 0 Å². The number of aromatic nitrogens is 1. The van der Waals surface area contributed by atoms with Crippen LogP contribution in [0.15, 0.2) is 134 Å². The Morgan fingerprint density at radius 1 is 0.735 bits per heavy atom. The highest BCUT2D eigenvalue weighted by molar-refractivity contribution is 6.38. The van der Waals surface area contributed by atoms with Gasteiger partial charge in [-0.2, -0.15) is 0 Å². The first kappa shape index (κ1) is 73.7. The van der Waals surface area contributed by atoms with Crippen LogP contribution in [0, 0.1) is 11.3 Å². The molecule has 2 fully saturated rings. The molecular weight excluding hydrogens is 1250 g/mol. The van der Waals surface area contributed by atoms with Crippen molar-refractivity contribution >= 4 is 76.2 Å². The number of anilines is 2. The first-order valence-electron chi connectivity index (χ1n) is 33.4. The lowest BCUT2D eigenvalue weighted by Gasteiger charge is -2.36. The van der Waals surface area contributed by atoms with Crippen molar-refractivity contribution in [3.05, 3.63) is 162 Å². The molecular formula is C75H90N8O15. The zero-order valence-electron chi connectivity index (χ0n) is 57.1. The molecule has 4 aromatic carbocycles. The van der Waals surface area contributed by atoms with Crippen LogP contribution in [0.3, 0.4) is 0 Å². The summed E-state index contributed by atoms with van der Waals surface area (Å²) in [7, 11) is 6.15. The van der Waals surface area contributed by atoms with Gasteiger partial charge in [0.25, 0.3) is 11.8 Å². The molecule has 1 aromatic heterocycles. The molecule has 0 unspecified atom stereocenters. The lowest BCUT2D eigenvalue weighted by Crippen LogP contribution is -2.57. The van der Waals surface area contributed by atoms with E-state index in [0.717, 1.165) is 5.56 Å². The largest absolute Gasteiger partial charge is 0.493 e. The number of benzene rings is 4. The van der Waals surface area contributed by atoms with Crippen molar-refractivity contribution in [1.29, 1.82) is 0 Å². The number of piperidine rings is 1. The van der Waals surface area contributed by atoms with Crippen LogP contribution in [0.4, 0.5) is 11.4 Å². The summed E-state index contributed by atoms with van der Waals surface area (Å²) in [4.78, 5) is 167. The number of carbonyl (C=O) groups is 11. The molecule has 0 aliphatic carbocycles. The molecule has 23 heteroatoms. The number of nitrogens with one attached hydrogen (secondary N) is 3. The van der Waals surface area contributed by atoms with Gasteiger partial charge in [-0.05, 0) is 148 Å². The van der Waals surface area contributed by atoms with E-state index < -0.39 is 107 Å². The molecule has 5 aromatic rings. The number of hydrogen-bond donors (Lipinski definition) is 3. The maximum absolute atomic E-state index is 15.3. The predicted molar refractivity (Wildman–Crippen MR) is 365 cm³/mol. The fraction of sp³-hybridized carbons (Fsp3) is 0.440. The maximum Gasteiger partial charge on any atom is 0.330 e. The number of hydrogen-bond acceptors (Lipinski definition) is 16. The number of likely N-dealkylation sites (N-methyl/N-ethyl adjacent to an activating group) is 2. The van der Waals surface area contributed by atoms with E-state index in [9.17, 15) is 43.2 Å². The first-order valence-corrected chi connectivity index (χ1v) is 33.4.